The summed E-state index contributed by atoms with van der Waals surface area (Å²) >= 11 is 5.78. The van der Waals surface area contributed by atoms with E-state index in [2.05, 4.69) is 4.98 Å². The van der Waals surface area contributed by atoms with Crippen LogP contribution >= 0.6 is 11.6 Å². The molecule has 0 saturated heterocycles. The van der Waals surface area contributed by atoms with Gasteiger partial charge in [-0.3, -0.25) is 0 Å². The molecule has 0 bridgehead atoms. The number of rotatable bonds is 3. The number of hydrogen-bond donors (Lipinski definition) is 0. The zero-order valence-electron chi connectivity index (χ0n) is 9.85. The first-order valence-electron chi connectivity index (χ1n) is 5.01. The van der Waals surface area contributed by atoms with E-state index >= 15 is 0 Å². The third-order valence-electron chi connectivity index (χ3n) is 2.65. The van der Waals surface area contributed by atoms with Crippen LogP contribution in [0.3, 0.4) is 0 Å². The summed E-state index contributed by atoms with van der Waals surface area (Å²) in [5.41, 5.74) is -1.17. The van der Waals surface area contributed by atoms with Crippen molar-refractivity contribution in [1.29, 1.82) is 0 Å². The summed E-state index contributed by atoms with van der Waals surface area (Å²) in [4.78, 5) is 5.57. The Kier molecular flexibility index (Phi) is 3.91. The molecular weight excluding hydrogens is 253 g/mol. The van der Waals surface area contributed by atoms with Crippen molar-refractivity contribution in [3.63, 3.8) is 0 Å². The first kappa shape index (κ1) is 14.1. The van der Waals surface area contributed by atoms with Gasteiger partial charge < -0.3 is 4.90 Å². The van der Waals surface area contributed by atoms with Crippen LogP contribution < -0.4 is 4.90 Å². The van der Waals surface area contributed by atoms with E-state index < -0.39 is 17.3 Å². The molecule has 2 nitrogen and oxygen atoms in total. The topological polar surface area (TPSA) is 16.1 Å². The highest BCUT2D eigenvalue weighted by Crippen LogP contribution is 2.31. The molecule has 0 aliphatic heterocycles. The second-order valence-corrected chi connectivity index (χ2v) is 4.67. The maximum Gasteiger partial charge on any atom is 0.416 e. The lowest BCUT2D eigenvalue weighted by molar-refractivity contribution is -0.137. The molecular formula is C11H14ClF3N2. The first-order valence-corrected chi connectivity index (χ1v) is 5.55. The summed E-state index contributed by atoms with van der Waals surface area (Å²) < 4.78 is 37.6. The Morgan fingerprint density at radius 2 is 1.94 bits per heavy atom. The van der Waals surface area contributed by atoms with Crippen molar-refractivity contribution < 1.29 is 13.2 Å². The molecule has 1 rings (SSSR count). The van der Waals surface area contributed by atoms with Gasteiger partial charge in [0.05, 0.1) is 5.56 Å². The van der Waals surface area contributed by atoms with E-state index in [9.17, 15) is 13.2 Å². The highest BCUT2D eigenvalue weighted by atomic mass is 35.5. The summed E-state index contributed by atoms with van der Waals surface area (Å²) in [7, 11) is 1.67. The normalized spacial score (nSPS) is 12.6. The van der Waals surface area contributed by atoms with Gasteiger partial charge in [-0.05, 0) is 26.0 Å². The van der Waals surface area contributed by atoms with E-state index in [-0.39, 0.29) is 5.82 Å². The van der Waals surface area contributed by atoms with E-state index in [0.717, 1.165) is 18.3 Å². The molecule has 0 aromatic carbocycles. The van der Waals surface area contributed by atoms with Gasteiger partial charge in [0, 0.05) is 24.7 Å². The lowest BCUT2D eigenvalue weighted by atomic mass is 10.1. The first-order chi connectivity index (χ1) is 7.68. The number of aromatic nitrogens is 1. The number of alkyl halides is 4. The van der Waals surface area contributed by atoms with Crippen LogP contribution in [0, 0.1) is 0 Å². The fourth-order valence-electron chi connectivity index (χ4n) is 1.18. The van der Waals surface area contributed by atoms with Crippen LogP contribution in [0.15, 0.2) is 18.3 Å². The van der Waals surface area contributed by atoms with Gasteiger partial charge in [-0.15, -0.1) is 11.6 Å². The monoisotopic (exact) mass is 266 g/mol. The SMILES string of the molecule is CN(c1cc(C(F)(F)F)ccn1)C(C)(C)CCl. The van der Waals surface area contributed by atoms with E-state index in [0.29, 0.717) is 5.88 Å². The summed E-state index contributed by atoms with van der Waals surface area (Å²) in [6, 6.07) is 1.97. The molecule has 0 aliphatic rings. The van der Waals surface area contributed by atoms with Crippen LogP contribution in [0.5, 0.6) is 0 Å². The smallest absolute Gasteiger partial charge is 0.353 e. The molecule has 6 heteroatoms. The molecule has 0 aliphatic carbocycles. The quantitative estimate of drug-likeness (QED) is 0.778. The third kappa shape index (κ3) is 3.25. The highest BCUT2D eigenvalue weighted by Gasteiger charge is 2.32. The molecule has 0 radical (unpaired) electrons. The Labute approximate surface area is 103 Å². The van der Waals surface area contributed by atoms with Gasteiger partial charge in [0.15, 0.2) is 0 Å². The minimum Gasteiger partial charge on any atom is -0.353 e. The van der Waals surface area contributed by atoms with E-state index in [1.807, 2.05) is 13.8 Å². The van der Waals surface area contributed by atoms with Crippen LogP contribution in [0.4, 0.5) is 19.0 Å². The van der Waals surface area contributed by atoms with Crippen molar-refractivity contribution in [2.75, 3.05) is 17.8 Å². The fourth-order valence-corrected chi connectivity index (χ4v) is 1.36. The minimum atomic E-state index is -4.36. The Morgan fingerprint density at radius 3 is 2.41 bits per heavy atom. The molecule has 0 amide bonds. The van der Waals surface area contributed by atoms with Gasteiger partial charge in [-0.1, -0.05) is 0 Å². The molecule has 1 aromatic rings. The van der Waals surface area contributed by atoms with Gasteiger partial charge in [0.2, 0.25) is 0 Å². The second-order valence-electron chi connectivity index (χ2n) is 4.41. The molecule has 0 spiro atoms. The highest BCUT2D eigenvalue weighted by molar-refractivity contribution is 6.18. The zero-order chi connectivity index (χ0) is 13.3. The van der Waals surface area contributed by atoms with Crippen LogP contribution in [-0.2, 0) is 6.18 Å². The Morgan fingerprint density at radius 1 is 1.35 bits per heavy atom. The van der Waals surface area contributed by atoms with Crippen molar-refractivity contribution in [1.82, 2.24) is 4.98 Å². The summed E-state index contributed by atoms with van der Waals surface area (Å²) in [5.74, 6) is 0.548. The van der Waals surface area contributed by atoms with Gasteiger partial charge in [-0.2, -0.15) is 13.2 Å². The molecule has 1 heterocycles. The standard InChI is InChI=1S/C11H14ClF3N2/c1-10(2,7-12)17(3)9-6-8(4-5-16-9)11(13,14)15/h4-6H,7H2,1-3H3. The Balaban J connectivity index is 3.08. The number of hydrogen-bond acceptors (Lipinski definition) is 2. The van der Waals surface area contributed by atoms with Crippen LogP contribution in [-0.4, -0.2) is 23.5 Å². The van der Waals surface area contributed by atoms with Crippen molar-refractivity contribution >= 4 is 17.4 Å². The van der Waals surface area contributed by atoms with E-state index in [4.69, 9.17) is 11.6 Å². The molecule has 0 N–H and O–H groups in total. The summed E-state index contributed by atoms with van der Waals surface area (Å²) in [6.45, 7) is 3.67. The lowest BCUT2D eigenvalue weighted by Gasteiger charge is -2.35. The van der Waals surface area contributed by atoms with Gasteiger partial charge in [-0.25, -0.2) is 4.98 Å². The van der Waals surface area contributed by atoms with Crippen molar-refractivity contribution in [3.05, 3.63) is 23.9 Å². The summed E-state index contributed by atoms with van der Waals surface area (Å²) in [6.07, 6.45) is -3.21. The number of nitrogens with zero attached hydrogens (tertiary/aromatic N) is 2. The van der Waals surface area contributed by atoms with E-state index in [1.54, 1.807) is 11.9 Å². The molecule has 0 atom stereocenters. The third-order valence-corrected chi connectivity index (χ3v) is 3.31. The molecule has 0 unspecified atom stereocenters. The zero-order valence-corrected chi connectivity index (χ0v) is 10.6. The number of pyridine rings is 1. The van der Waals surface area contributed by atoms with Gasteiger partial charge >= 0.3 is 6.18 Å². The van der Waals surface area contributed by atoms with Crippen molar-refractivity contribution in [3.8, 4) is 0 Å². The maximum atomic E-state index is 12.5. The Bertz CT molecular complexity index is 391. The number of anilines is 1. The predicted molar refractivity (Wildman–Crippen MR) is 62.4 cm³/mol. The van der Waals surface area contributed by atoms with Crippen molar-refractivity contribution in [2.24, 2.45) is 0 Å². The summed E-state index contributed by atoms with van der Waals surface area (Å²) in [5, 5.41) is 0. The average molecular weight is 267 g/mol. The second kappa shape index (κ2) is 4.72. The Hall–Kier alpha value is -0.970. The lowest BCUT2D eigenvalue weighted by Crippen LogP contribution is -2.43. The fraction of sp³-hybridized carbons (Fsp3) is 0.545. The average Bonchev–Trinajstić information content (AvgIpc) is 2.27. The van der Waals surface area contributed by atoms with Gasteiger partial charge in [0.25, 0.3) is 0 Å². The molecule has 1 aromatic heterocycles. The largest absolute Gasteiger partial charge is 0.416 e. The van der Waals surface area contributed by atoms with Crippen LogP contribution in [0.1, 0.15) is 19.4 Å². The van der Waals surface area contributed by atoms with Crippen LogP contribution in [0.2, 0.25) is 0 Å². The maximum absolute atomic E-state index is 12.5. The van der Waals surface area contributed by atoms with E-state index in [1.165, 1.54) is 0 Å². The van der Waals surface area contributed by atoms with Crippen molar-refractivity contribution in [2.45, 2.75) is 25.6 Å². The van der Waals surface area contributed by atoms with Crippen LogP contribution in [0.25, 0.3) is 0 Å². The molecule has 17 heavy (non-hydrogen) atoms. The molecule has 0 saturated carbocycles. The number of halogens is 4. The molecule has 96 valence electrons. The minimum absolute atomic E-state index is 0.255. The molecule has 0 fully saturated rings. The van der Waals surface area contributed by atoms with Gasteiger partial charge in [0.1, 0.15) is 5.82 Å². The predicted octanol–water partition coefficient (Wildman–Crippen LogP) is 3.55.